The van der Waals surface area contributed by atoms with Crippen LogP contribution >= 0.6 is 0 Å². The van der Waals surface area contributed by atoms with E-state index in [4.69, 9.17) is 9.84 Å². The maximum atomic E-state index is 12.7. The third kappa shape index (κ3) is 3.42. The topological polar surface area (TPSA) is 66.8 Å². The van der Waals surface area contributed by atoms with Gasteiger partial charge in [-0.25, -0.2) is 0 Å². The molecule has 1 amide bonds. The van der Waals surface area contributed by atoms with E-state index in [9.17, 15) is 9.59 Å². The average Bonchev–Trinajstić information content (AvgIpc) is 2.48. The summed E-state index contributed by atoms with van der Waals surface area (Å²) in [5.41, 5.74) is 0.817. The lowest BCUT2D eigenvalue weighted by atomic mass is 9.91. The molecule has 114 valence electrons. The largest absolute Gasteiger partial charge is 0.481 e. The number of carbonyl (C=O) groups excluding carboxylic acids is 1. The lowest BCUT2D eigenvalue weighted by Crippen LogP contribution is -2.48. The van der Waals surface area contributed by atoms with Crippen molar-refractivity contribution in [3.05, 3.63) is 35.9 Å². The Hall–Kier alpha value is -1.88. The first-order valence-electron chi connectivity index (χ1n) is 7.15. The summed E-state index contributed by atoms with van der Waals surface area (Å²) in [6.45, 7) is 2.36. The number of carbonyl (C=O) groups is 2. The molecule has 1 N–H and O–H groups in total. The normalized spacial score (nSPS) is 23.6. The Balaban J connectivity index is 2.10. The number of hydrogen-bond donors (Lipinski definition) is 1. The van der Waals surface area contributed by atoms with E-state index < -0.39 is 12.1 Å². The summed E-state index contributed by atoms with van der Waals surface area (Å²) in [6, 6.07) is 9.26. The molecule has 21 heavy (non-hydrogen) atoms. The maximum Gasteiger partial charge on any atom is 0.306 e. The fourth-order valence-corrected chi connectivity index (χ4v) is 2.88. The van der Waals surface area contributed by atoms with Gasteiger partial charge in [0.25, 0.3) is 5.91 Å². The summed E-state index contributed by atoms with van der Waals surface area (Å²) in [5, 5.41) is 9.09. The predicted molar refractivity (Wildman–Crippen MR) is 77.7 cm³/mol. The number of amides is 1. The standard InChI is InChI=1S/C16H21NO4/c1-11-10-13(16(19)20)8-9-17(11)15(18)14(21-2)12-6-4-3-5-7-12/h3-7,11,13-14H,8-10H2,1-2H3,(H,19,20). The molecule has 3 unspecified atom stereocenters. The molecule has 5 nitrogen and oxygen atoms in total. The number of carboxylic acid groups (broad SMARTS) is 1. The molecule has 3 atom stereocenters. The summed E-state index contributed by atoms with van der Waals surface area (Å²) < 4.78 is 5.37. The molecule has 1 aliphatic heterocycles. The number of rotatable bonds is 4. The monoisotopic (exact) mass is 291 g/mol. The SMILES string of the molecule is COC(C(=O)N1CCC(C(=O)O)CC1C)c1ccccc1. The first kappa shape index (κ1) is 15.5. The fraction of sp³-hybridized carbons (Fsp3) is 0.500. The quantitative estimate of drug-likeness (QED) is 0.922. The molecule has 0 aliphatic carbocycles. The Morgan fingerprint density at radius 1 is 1.33 bits per heavy atom. The zero-order chi connectivity index (χ0) is 15.4. The minimum Gasteiger partial charge on any atom is -0.481 e. The molecule has 1 aromatic rings. The molecule has 0 radical (unpaired) electrons. The zero-order valence-corrected chi connectivity index (χ0v) is 12.4. The third-order valence-electron chi connectivity index (χ3n) is 4.07. The van der Waals surface area contributed by atoms with E-state index in [1.807, 2.05) is 37.3 Å². The van der Waals surface area contributed by atoms with Gasteiger partial charge < -0.3 is 14.7 Å². The minimum absolute atomic E-state index is 0.0892. The van der Waals surface area contributed by atoms with Gasteiger partial charge in [-0.2, -0.15) is 0 Å². The second-order valence-corrected chi connectivity index (χ2v) is 5.47. The van der Waals surface area contributed by atoms with Gasteiger partial charge in [0.2, 0.25) is 0 Å². The van der Waals surface area contributed by atoms with Crippen molar-refractivity contribution in [2.75, 3.05) is 13.7 Å². The Bertz CT molecular complexity index is 502. The molecule has 0 saturated carbocycles. The van der Waals surface area contributed by atoms with Gasteiger partial charge >= 0.3 is 5.97 Å². The highest BCUT2D eigenvalue weighted by atomic mass is 16.5. The molecule has 0 aromatic heterocycles. The highest BCUT2D eigenvalue weighted by Crippen LogP contribution is 2.27. The molecule has 0 bridgehead atoms. The number of nitrogens with zero attached hydrogens (tertiary/aromatic N) is 1. The van der Waals surface area contributed by atoms with Crippen molar-refractivity contribution in [3.63, 3.8) is 0 Å². The van der Waals surface area contributed by atoms with Crippen LogP contribution in [-0.4, -0.2) is 41.6 Å². The summed E-state index contributed by atoms with van der Waals surface area (Å²) in [5.74, 6) is -1.23. The number of carboxylic acids is 1. The third-order valence-corrected chi connectivity index (χ3v) is 4.07. The lowest BCUT2D eigenvalue weighted by molar-refractivity contribution is -0.152. The number of piperidine rings is 1. The van der Waals surface area contributed by atoms with Crippen molar-refractivity contribution >= 4 is 11.9 Å². The molecule has 1 fully saturated rings. The fourth-order valence-electron chi connectivity index (χ4n) is 2.88. The first-order valence-corrected chi connectivity index (χ1v) is 7.15. The van der Waals surface area contributed by atoms with Crippen LogP contribution in [-0.2, 0) is 14.3 Å². The summed E-state index contributed by atoms with van der Waals surface area (Å²) in [4.78, 5) is 25.5. The summed E-state index contributed by atoms with van der Waals surface area (Å²) in [6.07, 6.45) is 0.359. The van der Waals surface area contributed by atoms with Crippen molar-refractivity contribution in [3.8, 4) is 0 Å². The molecule has 5 heteroatoms. The number of methoxy groups -OCH3 is 1. The number of ether oxygens (including phenoxy) is 1. The van der Waals surface area contributed by atoms with Crippen LogP contribution in [0.2, 0.25) is 0 Å². The maximum absolute atomic E-state index is 12.7. The van der Waals surface area contributed by atoms with E-state index in [-0.39, 0.29) is 17.9 Å². The van der Waals surface area contributed by atoms with Crippen LogP contribution in [0.5, 0.6) is 0 Å². The molecule has 1 saturated heterocycles. The Kier molecular flexibility index (Phi) is 4.96. The number of likely N-dealkylation sites (tertiary alicyclic amines) is 1. The Morgan fingerprint density at radius 3 is 2.52 bits per heavy atom. The van der Waals surface area contributed by atoms with Crippen LogP contribution in [0.25, 0.3) is 0 Å². The molecule has 0 spiro atoms. The van der Waals surface area contributed by atoms with Crippen molar-refractivity contribution in [2.24, 2.45) is 5.92 Å². The summed E-state index contributed by atoms with van der Waals surface area (Å²) >= 11 is 0. The Morgan fingerprint density at radius 2 is 2.00 bits per heavy atom. The van der Waals surface area contributed by atoms with E-state index in [1.165, 1.54) is 7.11 Å². The van der Waals surface area contributed by atoms with Crippen molar-refractivity contribution in [1.82, 2.24) is 4.90 Å². The van der Waals surface area contributed by atoms with Gasteiger partial charge in [-0.1, -0.05) is 30.3 Å². The van der Waals surface area contributed by atoms with Gasteiger partial charge in [-0.3, -0.25) is 9.59 Å². The van der Waals surface area contributed by atoms with Crippen LogP contribution < -0.4 is 0 Å². The van der Waals surface area contributed by atoms with Gasteiger partial charge in [-0.05, 0) is 25.3 Å². The smallest absolute Gasteiger partial charge is 0.306 e. The first-order chi connectivity index (χ1) is 10.0. The lowest BCUT2D eigenvalue weighted by Gasteiger charge is -2.38. The van der Waals surface area contributed by atoms with Gasteiger partial charge in [0, 0.05) is 19.7 Å². The second kappa shape index (κ2) is 6.72. The van der Waals surface area contributed by atoms with Crippen LogP contribution in [0, 0.1) is 5.92 Å². The van der Waals surface area contributed by atoms with Crippen molar-refractivity contribution < 1.29 is 19.4 Å². The van der Waals surface area contributed by atoms with E-state index in [0.29, 0.717) is 19.4 Å². The van der Waals surface area contributed by atoms with Crippen molar-refractivity contribution in [1.29, 1.82) is 0 Å². The van der Waals surface area contributed by atoms with Crippen LogP contribution in [0.1, 0.15) is 31.4 Å². The van der Waals surface area contributed by atoms with Gasteiger partial charge in [-0.15, -0.1) is 0 Å². The Labute approximate surface area is 124 Å². The second-order valence-electron chi connectivity index (χ2n) is 5.47. The molecule has 1 heterocycles. The van der Waals surface area contributed by atoms with Crippen molar-refractivity contribution in [2.45, 2.75) is 31.9 Å². The highest BCUT2D eigenvalue weighted by molar-refractivity contribution is 5.83. The number of aliphatic carboxylic acids is 1. The average molecular weight is 291 g/mol. The van der Waals surface area contributed by atoms with E-state index in [2.05, 4.69) is 0 Å². The van der Waals surface area contributed by atoms with Crippen LogP contribution in [0.15, 0.2) is 30.3 Å². The molecular formula is C16H21NO4. The van der Waals surface area contributed by atoms with Gasteiger partial charge in [0.1, 0.15) is 0 Å². The number of benzene rings is 1. The summed E-state index contributed by atoms with van der Waals surface area (Å²) in [7, 11) is 1.52. The molecule has 1 aromatic carbocycles. The highest BCUT2D eigenvalue weighted by Gasteiger charge is 2.35. The molecular weight excluding hydrogens is 270 g/mol. The van der Waals surface area contributed by atoms with E-state index in [1.54, 1.807) is 4.90 Å². The van der Waals surface area contributed by atoms with Gasteiger partial charge in [0.05, 0.1) is 5.92 Å². The van der Waals surface area contributed by atoms with Crippen LogP contribution in [0.4, 0.5) is 0 Å². The van der Waals surface area contributed by atoms with E-state index in [0.717, 1.165) is 5.56 Å². The molecule has 2 rings (SSSR count). The number of hydrogen-bond acceptors (Lipinski definition) is 3. The minimum atomic E-state index is -0.778. The predicted octanol–water partition coefficient (Wildman–Crippen LogP) is 2.09. The van der Waals surface area contributed by atoms with E-state index >= 15 is 0 Å². The van der Waals surface area contributed by atoms with Crippen LogP contribution in [0.3, 0.4) is 0 Å². The zero-order valence-electron chi connectivity index (χ0n) is 12.4. The molecule has 1 aliphatic rings. The van der Waals surface area contributed by atoms with Gasteiger partial charge in [0.15, 0.2) is 6.10 Å².